The minimum absolute atomic E-state index is 0.193. The average Bonchev–Trinajstić information content (AvgIpc) is 2.27. The summed E-state index contributed by atoms with van der Waals surface area (Å²) in [6, 6.07) is 7.67. The molecule has 0 amide bonds. The molecule has 0 spiro atoms. The monoisotopic (exact) mass is 215 g/mol. The van der Waals surface area contributed by atoms with Gasteiger partial charge in [0.1, 0.15) is 5.78 Å². The van der Waals surface area contributed by atoms with Gasteiger partial charge in [-0.3, -0.25) is 4.79 Å². The zero-order valence-corrected chi connectivity index (χ0v) is 9.79. The SMILES string of the molecule is CC#CCC(=O)CC(C)c1ccc(N)cc1. The van der Waals surface area contributed by atoms with Crippen LogP contribution in [0.1, 0.15) is 38.2 Å². The fourth-order valence-electron chi connectivity index (χ4n) is 1.54. The number of hydrogen-bond acceptors (Lipinski definition) is 2. The Balaban J connectivity index is 2.57. The van der Waals surface area contributed by atoms with Crippen LogP contribution in [0.4, 0.5) is 5.69 Å². The van der Waals surface area contributed by atoms with Gasteiger partial charge in [0.2, 0.25) is 0 Å². The molecule has 0 saturated heterocycles. The fraction of sp³-hybridized carbons (Fsp3) is 0.357. The van der Waals surface area contributed by atoms with Crippen molar-refractivity contribution in [2.45, 2.75) is 32.6 Å². The fourth-order valence-corrected chi connectivity index (χ4v) is 1.54. The summed E-state index contributed by atoms with van der Waals surface area (Å²) in [6.07, 6.45) is 0.897. The van der Waals surface area contributed by atoms with Crippen LogP contribution in [0.5, 0.6) is 0 Å². The molecule has 0 heterocycles. The van der Waals surface area contributed by atoms with E-state index in [9.17, 15) is 4.79 Å². The Morgan fingerprint density at radius 1 is 1.38 bits per heavy atom. The van der Waals surface area contributed by atoms with Gasteiger partial charge in [-0.2, -0.15) is 0 Å². The van der Waals surface area contributed by atoms with Gasteiger partial charge >= 0.3 is 0 Å². The third-order valence-corrected chi connectivity index (χ3v) is 2.50. The second-order valence-corrected chi connectivity index (χ2v) is 3.91. The molecule has 1 atom stereocenters. The molecule has 1 aromatic rings. The molecule has 0 radical (unpaired) electrons. The molecule has 2 nitrogen and oxygen atoms in total. The zero-order valence-electron chi connectivity index (χ0n) is 9.79. The van der Waals surface area contributed by atoms with Crippen LogP contribution in [0.15, 0.2) is 24.3 Å². The minimum atomic E-state index is 0.193. The van der Waals surface area contributed by atoms with Crippen LogP contribution in [0.25, 0.3) is 0 Å². The third kappa shape index (κ3) is 3.78. The van der Waals surface area contributed by atoms with Crippen LogP contribution in [0.2, 0.25) is 0 Å². The van der Waals surface area contributed by atoms with E-state index in [1.54, 1.807) is 6.92 Å². The van der Waals surface area contributed by atoms with Crippen molar-refractivity contribution >= 4 is 11.5 Å². The molecule has 0 bridgehead atoms. The summed E-state index contributed by atoms with van der Waals surface area (Å²) in [7, 11) is 0. The molecule has 84 valence electrons. The maximum atomic E-state index is 11.5. The van der Waals surface area contributed by atoms with E-state index in [0.717, 1.165) is 11.3 Å². The Kier molecular flexibility index (Phi) is 4.60. The lowest BCUT2D eigenvalue weighted by Crippen LogP contribution is -2.03. The summed E-state index contributed by atoms with van der Waals surface area (Å²) in [5, 5.41) is 0. The van der Waals surface area contributed by atoms with Crippen LogP contribution in [-0.4, -0.2) is 5.78 Å². The van der Waals surface area contributed by atoms with Gasteiger partial charge in [0.15, 0.2) is 0 Å². The highest BCUT2D eigenvalue weighted by atomic mass is 16.1. The summed E-state index contributed by atoms with van der Waals surface area (Å²) in [6.45, 7) is 3.79. The molecule has 0 aliphatic carbocycles. The lowest BCUT2D eigenvalue weighted by Gasteiger charge is -2.10. The Morgan fingerprint density at radius 2 is 2.00 bits per heavy atom. The highest BCUT2D eigenvalue weighted by Gasteiger charge is 2.10. The Bertz CT molecular complexity index is 409. The first kappa shape index (κ1) is 12.3. The van der Waals surface area contributed by atoms with Crippen LogP contribution >= 0.6 is 0 Å². The van der Waals surface area contributed by atoms with Gasteiger partial charge in [0.25, 0.3) is 0 Å². The molecule has 0 aromatic heterocycles. The summed E-state index contributed by atoms with van der Waals surface area (Å²) in [5.74, 6) is 5.95. The first-order chi connectivity index (χ1) is 7.63. The molecule has 0 saturated carbocycles. The van der Waals surface area contributed by atoms with Crippen LogP contribution in [-0.2, 0) is 4.79 Å². The number of nitrogens with two attached hydrogens (primary N) is 1. The number of carbonyl (C=O) groups excluding carboxylic acids is 1. The minimum Gasteiger partial charge on any atom is -0.399 e. The number of Topliss-reactive ketones (excluding diaryl/α,β-unsaturated/α-hetero) is 1. The first-order valence-electron chi connectivity index (χ1n) is 5.40. The molecule has 1 aromatic carbocycles. The van der Waals surface area contributed by atoms with Crippen molar-refractivity contribution in [2.24, 2.45) is 0 Å². The number of anilines is 1. The Morgan fingerprint density at radius 3 is 2.56 bits per heavy atom. The van der Waals surface area contributed by atoms with Gasteiger partial charge in [-0.05, 0) is 30.5 Å². The predicted octanol–water partition coefficient (Wildman–Crippen LogP) is 2.74. The lowest BCUT2D eigenvalue weighted by atomic mass is 9.95. The molecular weight excluding hydrogens is 198 g/mol. The topological polar surface area (TPSA) is 43.1 Å². The molecule has 0 aliphatic heterocycles. The number of ketones is 1. The summed E-state index contributed by atoms with van der Waals surface area (Å²) < 4.78 is 0. The standard InChI is InChI=1S/C14H17NO/c1-3-4-5-14(16)10-11(2)12-6-8-13(15)9-7-12/h6-9,11H,5,10,15H2,1-2H3. The molecule has 1 rings (SSSR count). The van der Waals surface area contributed by atoms with E-state index in [2.05, 4.69) is 11.8 Å². The summed E-state index contributed by atoms with van der Waals surface area (Å²) in [4.78, 5) is 11.5. The van der Waals surface area contributed by atoms with E-state index < -0.39 is 0 Å². The van der Waals surface area contributed by atoms with Crippen molar-refractivity contribution in [3.05, 3.63) is 29.8 Å². The van der Waals surface area contributed by atoms with Crippen LogP contribution in [0, 0.1) is 11.8 Å². The van der Waals surface area contributed by atoms with Crippen LogP contribution in [0.3, 0.4) is 0 Å². The maximum Gasteiger partial charge on any atom is 0.145 e. The highest BCUT2D eigenvalue weighted by molar-refractivity contribution is 5.81. The highest BCUT2D eigenvalue weighted by Crippen LogP contribution is 2.20. The molecular formula is C14H17NO. The molecule has 2 heteroatoms. The zero-order chi connectivity index (χ0) is 12.0. The van der Waals surface area contributed by atoms with Crippen molar-refractivity contribution in [1.29, 1.82) is 0 Å². The molecule has 2 N–H and O–H groups in total. The van der Waals surface area contributed by atoms with Crippen molar-refractivity contribution in [3.8, 4) is 11.8 Å². The first-order valence-corrected chi connectivity index (χ1v) is 5.40. The average molecular weight is 215 g/mol. The number of rotatable bonds is 4. The van der Waals surface area contributed by atoms with Gasteiger partial charge in [-0.1, -0.05) is 25.0 Å². The van der Waals surface area contributed by atoms with E-state index in [0.29, 0.717) is 12.8 Å². The second kappa shape index (κ2) is 5.97. The number of carbonyl (C=O) groups is 1. The van der Waals surface area contributed by atoms with Crippen molar-refractivity contribution < 1.29 is 4.79 Å². The van der Waals surface area contributed by atoms with Crippen molar-refractivity contribution in [3.63, 3.8) is 0 Å². The van der Waals surface area contributed by atoms with Crippen LogP contribution < -0.4 is 5.73 Å². The van der Waals surface area contributed by atoms with E-state index in [-0.39, 0.29) is 11.7 Å². The normalized spacial score (nSPS) is 11.4. The predicted molar refractivity (Wildman–Crippen MR) is 67.0 cm³/mol. The number of nitrogen functional groups attached to an aromatic ring is 1. The smallest absolute Gasteiger partial charge is 0.145 e. The second-order valence-electron chi connectivity index (χ2n) is 3.91. The van der Waals surface area contributed by atoms with Gasteiger partial charge in [-0.25, -0.2) is 0 Å². The number of benzene rings is 1. The summed E-state index contributed by atoms with van der Waals surface area (Å²) >= 11 is 0. The van der Waals surface area contributed by atoms with E-state index >= 15 is 0 Å². The molecule has 0 fully saturated rings. The van der Waals surface area contributed by atoms with Gasteiger partial charge in [0, 0.05) is 12.1 Å². The van der Waals surface area contributed by atoms with Gasteiger partial charge in [-0.15, -0.1) is 5.92 Å². The van der Waals surface area contributed by atoms with E-state index in [4.69, 9.17) is 5.73 Å². The van der Waals surface area contributed by atoms with Gasteiger partial charge < -0.3 is 5.73 Å². The summed E-state index contributed by atoms with van der Waals surface area (Å²) in [5.41, 5.74) is 7.50. The quantitative estimate of drug-likeness (QED) is 0.620. The van der Waals surface area contributed by atoms with Gasteiger partial charge in [0.05, 0.1) is 6.42 Å². The van der Waals surface area contributed by atoms with Crippen molar-refractivity contribution in [1.82, 2.24) is 0 Å². The third-order valence-electron chi connectivity index (χ3n) is 2.50. The van der Waals surface area contributed by atoms with Crippen molar-refractivity contribution in [2.75, 3.05) is 5.73 Å². The Hall–Kier alpha value is -1.75. The molecule has 16 heavy (non-hydrogen) atoms. The maximum absolute atomic E-state index is 11.5. The molecule has 0 aliphatic rings. The van der Waals surface area contributed by atoms with E-state index in [1.807, 2.05) is 31.2 Å². The molecule has 1 unspecified atom stereocenters. The Labute approximate surface area is 96.9 Å². The van der Waals surface area contributed by atoms with E-state index in [1.165, 1.54) is 0 Å². The lowest BCUT2D eigenvalue weighted by molar-refractivity contribution is -0.118. The number of hydrogen-bond donors (Lipinski definition) is 1. The largest absolute Gasteiger partial charge is 0.399 e.